The summed E-state index contributed by atoms with van der Waals surface area (Å²) in [5.74, 6) is 0.0617. The van der Waals surface area contributed by atoms with Gasteiger partial charge in [-0.25, -0.2) is 0 Å². The van der Waals surface area contributed by atoms with Crippen LogP contribution in [0.5, 0.6) is 0 Å². The van der Waals surface area contributed by atoms with Crippen molar-refractivity contribution in [1.82, 2.24) is 5.32 Å². The molecular weight excluding hydrogens is 272 g/mol. The van der Waals surface area contributed by atoms with Crippen LogP contribution in [0.3, 0.4) is 0 Å². The number of carbonyl (C=O) groups is 1. The second kappa shape index (κ2) is 6.59. The van der Waals surface area contributed by atoms with E-state index in [0.29, 0.717) is 11.4 Å². The van der Waals surface area contributed by atoms with Gasteiger partial charge in [-0.2, -0.15) is 0 Å². The first-order valence-electron chi connectivity index (χ1n) is 7.30. The van der Waals surface area contributed by atoms with Gasteiger partial charge in [0, 0.05) is 22.7 Å². The van der Waals surface area contributed by atoms with Crippen LogP contribution in [0.1, 0.15) is 44.1 Å². The summed E-state index contributed by atoms with van der Waals surface area (Å²) in [6.45, 7) is 1.92. The van der Waals surface area contributed by atoms with Gasteiger partial charge in [0.1, 0.15) is 0 Å². The fraction of sp³-hybridized carbons (Fsp3) is 0.562. The van der Waals surface area contributed by atoms with Crippen LogP contribution in [0.2, 0.25) is 5.02 Å². The molecule has 0 radical (unpaired) electrons. The Labute approximate surface area is 126 Å². The van der Waals surface area contributed by atoms with Gasteiger partial charge >= 0.3 is 0 Å². The Kier molecular flexibility index (Phi) is 5.06. The normalized spacial score (nSPS) is 17.8. The number of nitrogens with one attached hydrogen (secondary N) is 2. The lowest BCUT2D eigenvalue weighted by molar-refractivity contribution is -0.117. The molecule has 1 aliphatic carbocycles. The number of rotatable bonds is 4. The van der Waals surface area contributed by atoms with E-state index in [9.17, 15) is 4.79 Å². The van der Waals surface area contributed by atoms with E-state index < -0.39 is 0 Å². The molecule has 1 aromatic rings. The maximum absolute atomic E-state index is 12.3. The van der Waals surface area contributed by atoms with Crippen LogP contribution in [0, 0.1) is 6.92 Å². The molecule has 2 N–H and O–H groups in total. The van der Waals surface area contributed by atoms with Crippen molar-refractivity contribution in [3.8, 4) is 0 Å². The molecule has 0 spiro atoms. The van der Waals surface area contributed by atoms with E-state index in [1.165, 1.54) is 19.3 Å². The number of anilines is 1. The zero-order chi connectivity index (χ0) is 14.6. The minimum absolute atomic E-state index is 0.0329. The van der Waals surface area contributed by atoms with E-state index in [4.69, 9.17) is 11.6 Å². The van der Waals surface area contributed by atoms with E-state index in [1.54, 1.807) is 0 Å². The Balaban J connectivity index is 2.03. The summed E-state index contributed by atoms with van der Waals surface area (Å²) in [7, 11) is 1.96. The first-order chi connectivity index (χ1) is 9.56. The Bertz CT molecular complexity index is 481. The predicted molar refractivity (Wildman–Crippen MR) is 84.3 cm³/mol. The summed E-state index contributed by atoms with van der Waals surface area (Å²) in [6, 6.07) is 5.59. The number of halogens is 1. The van der Waals surface area contributed by atoms with Crippen molar-refractivity contribution in [2.45, 2.75) is 51.0 Å². The largest absolute Gasteiger partial charge is 0.326 e. The Morgan fingerprint density at radius 1 is 1.30 bits per heavy atom. The molecule has 3 nitrogen and oxygen atoms in total. The van der Waals surface area contributed by atoms with Crippen molar-refractivity contribution in [2.75, 3.05) is 12.4 Å². The standard InChI is InChI=1S/C16H23ClN2O/c1-12-13(17)7-6-8-14(12)19-15(20)11-16(18-2)9-4-3-5-10-16/h6-8,18H,3-5,9-11H2,1-2H3,(H,19,20). The molecule has 2 rings (SSSR count). The molecule has 1 fully saturated rings. The molecule has 1 aliphatic rings. The Hall–Kier alpha value is -1.06. The maximum Gasteiger partial charge on any atom is 0.226 e. The van der Waals surface area contributed by atoms with Crippen LogP contribution in [0.15, 0.2) is 18.2 Å². The van der Waals surface area contributed by atoms with E-state index in [0.717, 1.165) is 24.1 Å². The van der Waals surface area contributed by atoms with Crippen LogP contribution >= 0.6 is 11.6 Å². The lowest BCUT2D eigenvalue weighted by Gasteiger charge is -2.36. The third-order valence-corrected chi connectivity index (χ3v) is 4.79. The van der Waals surface area contributed by atoms with Gasteiger partial charge < -0.3 is 10.6 Å². The molecule has 1 saturated carbocycles. The first-order valence-corrected chi connectivity index (χ1v) is 7.68. The zero-order valence-corrected chi connectivity index (χ0v) is 13.0. The summed E-state index contributed by atoms with van der Waals surface area (Å²) < 4.78 is 0. The van der Waals surface area contributed by atoms with Crippen LogP contribution in [0.25, 0.3) is 0 Å². The highest BCUT2D eigenvalue weighted by Crippen LogP contribution is 2.31. The SMILES string of the molecule is CNC1(CC(=O)Nc2cccc(Cl)c2C)CCCCC1. The van der Waals surface area contributed by atoms with Crippen molar-refractivity contribution in [3.05, 3.63) is 28.8 Å². The molecule has 20 heavy (non-hydrogen) atoms. The number of hydrogen-bond acceptors (Lipinski definition) is 2. The van der Waals surface area contributed by atoms with E-state index in [2.05, 4.69) is 10.6 Å². The summed E-state index contributed by atoms with van der Waals surface area (Å²) in [6.07, 6.45) is 6.35. The second-order valence-corrected chi connectivity index (χ2v) is 6.14. The van der Waals surface area contributed by atoms with Crippen LogP contribution in [-0.4, -0.2) is 18.5 Å². The fourth-order valence-electron chi connectivity index (χ4n) is 2.99. The Morgan fingerprint density at radius 2 is 2.00 bits per heavy atom. The molecule has 110 valence electrons. The van der Waals surface area contributed by atoms with Crippen LogP contribution in [-0.2, 0) is 4.79 Å². The average Bonchev–Trinajstić information content (AvgIpc) is 2.45. The highest BCUT2D eigenvalue weighted by atomic mass is 35.5. The second-order valence-electron chi connectivity index (χ2n) is 5.73. The molecule has 1 aromatic carbocycles. The van der Waals surface area contributed by atoms with Crippen molar-refractivity contribution in [1.29, 1.82) is 0 Å². The van der Waals surface area contributed by atoms with E-state index in [1.807, 2.05) is 32.2 Å². The van der Waals surface area contributed by atoms with Crippen molar-refractivity contribution < 1.29 is 4.79 Å². The number of hydrogen-bond donors (Lipinski definition) is 2. The lowest BCUT2D eigenvalue weighted by Crippen LogP contribution is -2.47. The van der Waals surface area contributed by atoms with Gasteiger partial charge in [-0.15, -0.1) is 0 Å². The minimum Gasteiger partial charge on any atom is -0.326 e. The van der Waals surface area contributed by atoms with Gasteiger partial charge in [0.2, 0.25) is 5.91 Å². The van der Waals surface area contributed by atoms with Gasteiger partial charge in [0.25, 0.3) is 0 Å². The molecule has 0 aliphatic heterocycles. The third kappa shape index (κ3) is 3.53. The topological polar surface area (TPSA) is 41.1 Å². The van der Waals surface area contributed by atoms with E-state index in [-0.39, 0.29) is 11.4 Å². The lowest BCUT2D eigenvalue weighted by atomic mass is 9.79. The maximum atomic E-state index is 12.3. The summed E-state index contributed by atoms with van der Waals surface area (Å²) in [5, 5.41) is 7.05. The molecular formula is C16H23ClN2O. The first kappa shape index (κ1) is 15.3. The smallest absolute Gasteiger partial charge is 0.226 e. The van der Waals surface area contributed by atoms with Crippen molar-refractivity contribution in [3.63, 3.8) is 0 Å². The molecule has 0 bridgehead atoms. The fourth-order valence-corrected chi connectivity index (χ4v) is 3.16. The number of benzene rings is 1. The highest BCUT2D eigenvalue weighted by Gasteiger charge is 2.32. The quantitative estimate of drug-likeness (QED) is 0.884. The van der Waals surface area contributed by atoms with Gasteiger partial charge in [-0.3, -0.25) is 4.79 Å². The van der Waals surface area contributed by atoms with Crippen molar-refractivity contribution >= 4 is 23.2 Å². The average molecular weight is 295 g/mol. The van der Waals surface area contributed by atoms with Gasteiger partial charge in [0.05, 0.1) is 0 Å². The van der Waals surface area contributed by atoms with Gasteiger partial charge in [-0.1, -0.05) is 36.9 Å². The highest BCUT2D eigenvalue weighted by molar-refractivity contribution is 6.31. The summed E-state index contributed by atoms with van der Waals surface area (Å²) in [5.41, 5.74) is 1.70. The van der Waals surface area contributed by atoms with Crippen LogP contribution in [0.4, 0.5) is 5.69 Å². The molecule has 4 heteroatoms. The number of amides is 1. The molecule has 0 unspecified atom stereocenters. The molecule has 0 saturated heterocycles. The Morgan fingerprint density at radius 3 is 2.65 bits per heavy atom. The predicted octanol–water partition coefficient (Wildman–Crippen LogP) is 3.90. The summed E-state index contributed by atoms with van der Waals surface area (Å²) in [4.78, 5) is 12.3. The third-order valence-electron chi connectivity index (χ3n) is 4.38. The van der Waals surface area contributed by atoms with Crippen molar-refractivity contribution in [2.24, 2.45) is 0 Å². The minimum atomic E-state index is -0.0329. The number of carbonyl (C=O) groups excluding carboxylic acids is 1. The monoisotopic (exact) mass is 294 g/mol. The molecule has 0 atom stereocenters. The molecule has 0 heterocycles. The molecule has 1 amide bonds. The van der Waals surface area contributed by atoms with Crippen LogP contribution < -0.4 is 10.6 Å². The molecule has 0 aromatic heterocycles. The van der Waals surface area contributed by atoms with Gasteiger partial charge in [0.15, 0.2) is 0 Å². The van der Waals surface area contributed by atoms with Gasteiger partial charge in [-0.05, 0) is 44.5 Å². The van der Waals surface area contributed by atoms with E-state index >= 15 is 0 Å². The summed E-state index contributed by atoms with van der Waals surface area (Å²) >= 11 is 6.08. The zero-order valence-electron chi connectivity index (χ0n) is 12.3.